The molecule has 2 fully saturated rings. The molecule has 0 heterocycles. The molecule has 0 saturated heterocycles. The van der Waals surface area contributed by atoms with Crippen LogP contribution in [0.2, 0.25) is 0 Å². The van der Waals surface area contributed by atoms with E-state index in [1.807, 2.05) is 0 Å². The minimum atomic E-state index is 0.460. The van der Waals surface area contributed by atoms with Crippen LogP contribution in [0.15, 0.2) is 28.7 Å². The van der Waals surface area contributed by atoms with E-state index >= 15 is 0 Å². The van der Waals surface area contributed by atoms with E-state index in [0.29, 0.717) is 6.04 Å². The van der Waals surface area contributed by atoms with Gasteiger partial charge < -0.3 is 5.32 Å². The SMILES string of the molecule is C[C@@H](NCC1CC2CCC1C2)c1cccc(Br)c1. The van der Waals surface area contributed by atoms with E-state index in [0.717, 1.165) is 17.8 Å². The van der Waals surface area contributed by atoms with Gasteiger partial charge in [0, 0.05) is 10.5 Å². The Hall–Kier alpha value is -0.340. The summed E-state index contributed by atoms with van der Waals surface area (Å²) < 4.78 is 1.17. The summed E-state index contributed by atoms with van der Waals surface area (Å²) in [5.74, 6) is 3.03. The first-order chi connectivity index (χ1) is 8.72. The summed E-state index contributed by atoms with van der Waals surface area (Å²) in [6, 6.07) is 9.10. The highest BCUT2D eigenvalue weighted by atomic mass is 79.9. The number of nitrogens with one attached hydrogen (secondary N) is 1. The van der Waals surface area contributed by atoms with Crippen LogP contribution in [0, 0.1) is 17.8 Å². The van der Waals surface area contributed by atoms with E-state index in [-0.39, 0.29) is 0 Å². The molecule has 2 saturated carbocycles. The van der Waals surface area contributed by atoms with Gasteiger partial charge in [0.15, 0.2) is 0 Å². The smallest absolute Gasteiger partial charge is 0.0292 e. The summed E-state index contributed by atoms with van der Waals surface area (Å²) in [6.07, 6.45) is 5.98. The largest absolute Gasteiger partial charge is 0.310 e. The third-order valence-corrected chi connectivity index (χ3v) is 5.41. The molecule has 1 N–H and O–H groups in total. The summed E-state index contributed by atoms with van der Waals surface area (Å²) in [5.41, 5.74) is 1.38. The molecule has 4 atom stereocenters. The quantitative estimate of drug-likeness (QED) is 0.861. The fourth-order valence-electron chi connectivity index (χ4n) is 3.85. The fraction of sp³-hybridized carbons (Fsp3) is 0.625. The van der Waals surface area contributed by atoms with Crippen LogP contribution in [-0.4, -0.2) is 6.54 Å². The fourth-order valence-corrected chi connectivity index (χ4v) is 4.27. The third-order valence-electron chi connectivity index (χ3n) is 4.92. The van der Waals surface area contributed by atoms with E-state index in [4.69, 9.17) is 0 Å². The Morgan fingerprint density at radius 3 is 2.89 bits per heavy atom. The predicted octanol–water partition coefficient (Wildman–Crippen LogP) is 4.54. The molecule has 0 radical (unpaired) electrons. The molecule has 3 rings (SSSR count). The van der Waals surface area contributed by atoms with Crippen molar-refractivity contribution in [2.45, 2.75) is 38.6 Å². The molecule has 0 aliphatic heterocycles. The Kier molecular flexibility index (Phi) is 3.76. The first-order valence-electron chi connectivity index (χ1n) is 7.21. The van der Waals surface area contributed by atoms with Gasteiger partial charge in [-0.2, -0.15) is 0 Å². The number of benzene rings is 1. The zero-order valence-corrected chi connectivity index (χ0v) is 12.6. The normalized spacial score (nSPS) is 31.8. The second kappa shape index (κ2) is 5.34. The Bertz CT molecular complexity index is 417. The summed E-state index contributed by atoms with van der Waals surface area (Å²) in [4.78, 5) is 0. The molecule has 2 aliphatic rings. The molecule has 2 heteroatoms. The van der Waals surface area contributed by atoms with Crippen molar-refractivity contribution < 1.29 is 0 Å². The number of fused-ring (bicyclic) bond motifs is 2. The summed E-state index contributed by atoms with van der Waals surface area (Å²) in [7, 11) is 0. The van der Waals surface area contributed by atoms with Gasteiger partial charge >= 0.3 is 0 Å². The van der Waals surface area contributed by atoms with E-state index in [9.17, 15) is 0 Å². The number of hydrogen-bond acceptors (Lipinski definition) is 1. The van der Waals surface area contributed by atoms with Crippen molar-refractivity contribution in [3.63, 3.8) is 0 Å². The number of halogens is 1. The van der Waals surface area contributed by atoms with E-state index in [2.05, 4.69) is 52.4 Å². The second-order valence-corrected chi connectivity index (χ2v) is 7.04. The lowest BCUT2D eigenvalue weighted by Crippen LogP contribution is -2.28. The lowest BCUT2D eigenvalue weighted by molar-refractivity contribution is 0.309. The van der Waals surface area contributed by atoms with Crippen LogP contribution in [0.5, 0.6) is 0 Å². The number of hydrogen-bond donors (Lipinski definition) is 1. The first kappa shape index (κ1) is 12.7. The lowest BCUT2D eigenvalue weighted by Gasteiger charge is -2.24. The molecule has 2 bridgehead atoms. The first-order valence-corrected chi connectivity index (χ1v) is 8.00. The molecular weight excluding hydrogens is 286 g/mol. The maximum atomic E-state index is 3.73. The average molecular weight is 308 g/mol. The Morgan fingerprint density at radius 2 is 2.22 bits per heavy atom. The molecular formula is C16H22BrN. The van der Waals surface area contributed by atoms with Crippen LogP contribution in [0.1, 0.15) is 44.2 Å². The summed E-state index contributed by atoms with van der Waals surface area (Å²) in [5, 5.41) is 3.73. The molecule has 0 aromatic heterocycles. The predicted molar refractivity (Wildman–Crippen MR) is 79.5 cm³/mol. The summed E-state index contributed by atoms with van der Waals surface area (Å²) in [6.45, 7) is 3.48. The van der Waals surface area contributed by atoms with Crippen LogP contribution in [0.3, 0.4) is 0 Å². The van der Waals surface area contributed by atoms with Crippen molar-refractivity contribution in [2.75, 3.05) is 6.54 Å². The molecule has 1 aromatic rings. The van der Waals surface area contributed by atoms with Gasteiger partial charge in [0.05, 0.1) is 0 Å². The van der Waals surface area contributed by atoms with Crippen LogP contribution in [0.25, 0.3) is 0 Å². The maximum Gasteiger partial charge on any atom is 0.0292 e. The molecule has 1 aromatic carbocycles. The van der Waals surface area contributed by atoms with Gasteiger partial charge in [-0.05, 0) is 68.2 Å². The van der Waals surface area contributed by atoms with Gasteiger partial charge in [0.25, 0.3) is 0 Å². The van der Waals surface area contributed by atoms with Crippen LogP contribution in [0.4, 0.5) is 0 Å². The topological polar surface area (TPSA) is 12.0 Å². The lowest BCUT2D eigenvalue weighted by atomic mass is 9.88. The van der Waals surface area contributed by atoms with Gasteiger partial charge in [-0.15, -0.1) is 0 Å². The highest BCUT2D eigenvalue weighted by molar-refractivity contribution is 9.10. The summed E-state index contributed by atoms with van der Waals surface area (Å²) >= 11 is 3.55. The van der Waals surface area contributed by atoms with Crippen molar-refractivity contribution in [1.82, 2.24) is 5.32 Å². The Balaban J connectivity index is 1.54. The molecule has 2 aliphatic carbocycles. The van der Waals surface area contributed by atoms with Gasteiger partial charge in [-0.3, -0.25) is 0 Å². The maximum absolute atomic E-state index is 3.73. The van der Waals surface area contributed by atoms with Crippen molar-refractivity contribution >= 4 is 15.9 Å². The molecule has 0 amide bonds. The van der Waals surface area contributed by atoms with Crippen molar-refractivity contribution in [3.05, 3.63) is 34.3 Å². The van der Waals surface area contributed by atoms with E-state index in [1.165, 1.54) is 42.3 Å². The monoisotopic (exact) mass is 307 g/mol. The van der Waals surface area contributed by atoms with E-state index in [1.54, 1.807) is 0 Å². The third kappa shape index (κ3) is 2.65. The molecule has 1 nitrogen and oxygen atoms in total. The van der Waals surface area contributed by atoms with Crippen molar-refractivity contribution in [1.29, 1.82) is 0 Å². The zero-order valence-electron chi connectivity index (χ0n) is 11.0. The molecule has 0 spiro atoms. The number of rotatable bonds is 4. The van der Waals surface area contributed by atoms with Gasteiger partial charge in [-0.1, -0.05) is 34.5 Å². The molecule has 98 valence electrons. The van der Waals surface area contributed by atoms with Crippen molar-refractivity contribution in [3.8, 4) is 0 Å². The Labute approximate surface area is 118 Å². The van der Waals surface area contributed by atoms with Crippen LogP contribution < -0.4 is 5.32 Å². The highest BCUT2D eigenvalue weighted by Crippen LogP contribution is 2.48. The standard InChI is InChI=1S/C16H22BrN/c1-11(13-3-2-4-16(17)9-13)18-10-15-8-12-5-6-14(15)7-12/h2-4,9,11-12,14-15,18H,5-8,10H2,1H3/t11-,12?,14?,15?/m1/s1. The van der Waals surface area contributed by atoms with Crippen molar-refractivity contribution in [2.24, 2.45) is 17.8 Å². The molecule has 3 unspecified atom stereocenters. The van der Waals surface area contributed by atoms with Gasteiger partial charge in [0.2, 0.25) is 0 Å². The van der Waals surface area contributed by atoms with Crippen LogP contribution >= 0.6 is 15.9 Å². The molecule has 18 heavy (non-hydrogen) atoms. The second-order valence-electron chi connectivity index (χ2n) is 6.12. The van der Waals surface area contributed by atoms with Gasteiger partial charge in [-0.25, -0.2) is 0 Å². The average Bonchev–Trinajstić information content (AvgIpc) is 2.98. The van der Waals surface area contributed by atoms with Crippen LogP contribution in [-0.2, 0) is 0 Å². The Morgan fingerprint density at radius 1 is 1.33 bits per heavy atom. The van der Waals surface area contributed by atoms with Gasteiger partial charge in [0.1, 0.15) is 0 Å². The minimum absolute atomic E-state index is 0.460. The van der Waals surface area contributed by atoms with E-state index < -0.39 is 0 Å². The minimum Gasteiger partial charge on any atom is -0.310 e. The highest BCUT2D eigenvalue weighted by Gasteiger charge is 2.39. The zero-order chi connectivity index (χ0) is 12.5.